The minimum Gasteiger partial charge on any atom is -0.477 e. The molecule has 9 heteroatoms. The van der Waals surface area contributed by atoms with Gasteiger partial charge in [-0.05, 0) is 37.7 Å². The number of nitrogens with zero attached hydrogens (tertiary/aromatic N) is 3. The van der Waals surface area contributed by atoms with Crippen LogP contribution in [0.5, 0.6) is 5.88 Å². The molecule has 3 heterocycles. The third-order valence-corrected chi connectivity index (χ3v) is 5.70. The van der Waals surface area contributed by atoms with Gasteiger partial charge in [0.2, 0.25) is 17.7 Å². The predicted octanol–water partition coefficient (Wildman–Crippen LogP) is 2.98. The number of halogens is 3. The predicted molar refractivity (Wildman–Crippen MR) is 99.0 cm³/mol. The summed E-state index contributed by atoms with van der Waals surface area (Å²) in [6.45, 7) is 4.32. The second-order valence-electron chi connectivity index (χ2n) is 7.72. The Kier molecular flexibility index (Phi) is 6.64. The molecule has 29 heavy (non-hydrogen) atoms. The second-order valence-corrected chi connectivity index (χ2v) is 7.72. The number of alkyl halides is 3. The number of hydrogen-bond acceptors (Lipinski definition) is 4. The monoisotopic (exact) mass is 413 g/mol. The lowest BCUT2D eigenvalue weighted by Crippen LogP contribution is -2.46. The Morgan fingerprint density at radius 1 is 1.07 bits per heavy atom. The van der Waals surface area contributed by atoms with Gasteiger partial charge in [-0.15, -0.1) is 0 Å². The Bertz CT molecular complexity index is 725. The maximum absolute atomic E-state index is 12.7. The number of likely N-dealkylation sites (tertiary alicyclic amines) is 2. The van der Waals surface area contributed by atoms with Crippen molar-refractivity contribution in [3.8, 4) is 5.88 Å². The standard InChI is InChI=1S/C20H26F3N3O3/c1-14(27)25-11-7-16(8-12-25)19(28)26-9-5-15(6-10-26)13-29-18-4-2-3-17(24-18)20(21,22)23/h2-4,15-16H,5-13H2,1H3. The molecule has 2 amide bonds. The van der Waals surface area contributed by atoms with E-state index in [2.05, 4.69) is 4.98 Å². The van der Waals surface area contributed by atoms with Gasteiger partial charge in [0, 0.05) is 45.1 Å². The summed E-state index contributed by atoms with van der Waals surface area (Å²) in [6, 6.07) is 3.61. The zero-order chi connectivity index (χ0) is 21.0. The van der Waals surface area contributed by atoms with Crippen molar-refractivity contribution in [2.24, 2.45) is 11.8 Å². The van der Waals surface area contributed by atoms with Gasteiger partial charge in [0.05, 0.1) is 6.61 Å². The van der Waals surface area contributed by atoms with Crippen molar-refractivity contribution in [3.63, 3.8) is 0 Å². The highest BCUT2D eigenvalue weighted by molar-refractivity contribution is 5.79. The number of amides is 2. The number of pyridine rings is 1. The van der Waals surface area contributed by atoms with E-state index in [0.717, 1.165) is 18.9 Å². The number of carbonyl (C=O) groups is 2. The van der Waals surface area contributed by atoms with Gasteiger partial charge < -0.3 is 14.5 Å². The zero-order valence-corrected chi connectivity index (χ0v) is 16.5. The average Bonchev–Trinajstić information content (AvgIpc) is 2.72. The highest BCUT2D eigenvalue weighted by Gasteiger charge is 2.33. The number of hydrogen-bond donors (Lipinski definition) is 0. The van der Waals surface area contributed by atoms with Crippen LogP contribution in [-0.4, -0.2) is 59.4 Å². The number of rotatable bonds is 4. The number of carbonyl (C=O) groups excluding carboxylic acids is 2. The van der Waals surface area contributed by atoms with E-state index in [0.29, 0.717) is 39.0 Å². The van der Waals surface area contributed by atoms with Gasteiger partial charge in [0.25, 0.3) is 0 Å². The van der Waals surface area contributed by atoms with Crippen molar-refractivity contribution in [2.75, 3.05) is 32.8 Å². The van der Waals surface area contributed by atoms with Crippen LogP contribution in [0.25, 0.3) is 0 Å². The Labute approximate surface area is 168 Å². The van der Waals surface area contributed by atoms with Gasteiger partial charge in [-0.3, -0.25) is 9.59 Å². The number of aromatic nitrogens is 1. The van der Waals surface area contributed by atoms with E-state index in [4.69, 9.17) is 4.74 Å². The minimum absolute atomic E-state index is 0.0319. The second kappa shape index (κ2) is 9.00. The van der Waals surface area contributed by atoms with Gasteiger partial charge in [0.1, 0.15) is 5.69 Å². The van der Waals surface area contributed by atoms with Crippen LogP contribution in [0.15, 0.2) is 18.2 Å². The maximum Gasteiger partial charge on any atom is 0.433 e. The highest BCUT2D eigenvalue weighted by Crippen LogP contribution is 2.29. The van der Waals surface area contributed by atoms with E-state index in [1.165, 1.54) is 12.1 Å². The molecule has 0 radical (unpaired) electrons. The molecule has 1 aromatic heterocycles. The summed E-state index contributed by atoms with van der Waals surface area (Å²) in [7, 11) is 0. The van der Waals surface area contributed by atoms with Crippen LogP contribution in [0, 0.1) is 11.8 Å². The van der Waals surface area contributed by atoms with E-state index in [9.17, 15) is 22.8 Å². The fourth-order valence-corrected chi connectivity index (χ4v) is 3.88. The molecule has 0 bridgehead atoms. The summed E-state index contributed by atoms with van der Waals surface area (Å²) < 4.78 is 43.6. The van der Waals surface area contributed by atoms with E-state index in [1.807, 2.05) is 4.90 Å². The van der Waals surface area contributed by atoms with Crippen LogP contribution in [-0.2, 0) is 15.8 Å². The molecule has 0 aromatic carbocycles. The summed E-state index contributed by atoms with van der Waals surface area (Å²) in [5.74, 6) is 0.303. The Balaban J connectivity index is 1.43. The molecule has 0 unspecified atom stereocenters. The molecule has 0 N–H and O–H groups in total. The first-order valence-corrected chi connectivity index (χ1v) is 9.95. The van der Waals surface area contributed by atoms with Gasteiger partial charge >= 0.3 is 6.18 Å². The normalized spacial score (nSPS) is 19.3. The molecule has 2 saturated heterocycles. The molecule has 1 aromatic rings. The van der Waals surface area contributed by atoms with E-state index in [1.54, 1.807) is 11.8 Å². The van der Waals surface area contributed by atoms with Crippen LogP contribution in [0.4, 0.5) is 13.2 Å². The van der Waals surface area contributed by atoms with Crippen molar-refractivity contribution in [1.82, 2.24) is 14.8 Å². The van der Waals surface area contributed by atoms with Gasteiger partial charge in [0.15, 0.2) is 0 Å². The van der Waals surface area contributed by atoms with Crippen molar-refractivity contribution in [1.29, 1.82) is 0 Å². The maximum atomic E-state index is 12.7. The van der Waals surface area contributed by atoms with Crippen molar-refractivity contribution < 1.29 is 27.5 Å². The summed E-state index contributed by atoms with van der Waals surface area (Å²) in [4.78, 5) is 31.3. The average molecular weight is 413 g/mol. The summed E-state index contributed by atoms with van der Waals surface area (Å²) in [5.41, 5.74) is -0.966. The van der Waals surface area contributed by atoms with Crippen LogP contribution >= 0.6 is 0 Å². The fraction of sp³-hybridized carbons (Fsp3) is 0.650. The van der Waals surface area contributed by atoms with E-state index >= 15 is 0 Å². The quantitative estimate of drug-likeness (QED) is 0.762. The Morgan fingerprint density at radius 2 is 1.69 bits per heavy atom. The first-order chi connectivity index (χ1) is 13.7. The van der Waals surface area contributed by atoms with E-state index in [-0.39, 0.29) is 36.1 Å². The Morgan fingerprint density at radius 3 is 2.28 bits per heavy atom. The molecule has 2 aliphatic heterocycles. The first kappa shape index (κ1) is 21.4. The summed E-state index contributed by atoms with van der Waals surface area (Å²) in [6.07, 6.45) is -1.61. The third kappa shape index (κ3) is 5.61. The van der Waals surface area contributed by atoms with Crippen LogP contribution in [0.2, 0.25) is 0 Å². The lowest BCUT2D eigenvalue weighted by molar-refractivity contribution is -0.141. The molecule has 0 atom stereocenters. The minimum atomic E-state index is -4.49. The lowest BCUT2D eigenvalue weighted by atomic mass is 9.92. The largest absolute Gasteiger partial charge is 0.477 e. The molecule has 3 rings (SSSR count). The lowest BCUT2D eigenvalue weighted by Gasteiger charge is -2.37. The molecule has 160 valence electrons. The molecule has 2 aliphatic rings. The van der Waals surface area contributed by atoms with Crippen molar-refractivity contribution in [3.05, 3.63) is 23.9 Å². The smallest absolute Gasteiger partial charge is 0.433 e. The topological polar surface area (TPSA) is 62.7 Å². The third-order valence-electron chi connectivity index (χ3n) is 5.70. The van der Waals surface area contributed by atoms with Gasteiger partial charge in [-0.2, -0.15) is 13.2 Å². The highest BCUT2D eigenvalue weighted by atomic mass is 19.4. The molecule has 0 spiro atoms. The molecular weight excluding hydrogens is 387 g/mol. The number of piperidine rings is 2. The number of ether oxygens (including phenoxy) is 1. The van der Waals surface area contributed by atoms with E-state index < -0.39 is 11.9 Å². The molecule has 6 nitrogen and oxygen atoms in total. The van der Waals surface area contributed by atoms with Crippen LogP contribution in [0.1, 0.15) is 38.3 Å². The Hall–Kier alpha value is -2.32. The van der Waals surface area contributed by atoms with Crippen molar-refractivity contribution in [2.45, 2.75) is 38.8 Å². The van der Waals surface area contributed by atoms with Crippen LogP contribution < -0.4 is 4.74 Å². The van der Waals surface area contributed by atoms with Crippen LogP contribution in [0.3, 0.4) is 0 Å². The SMILES string of the molecule is CC(=O)N1CCC(C(=O)N2CCC(COc3cccc(C(F)(F)F)n3)CC2)CC1. The summed E-state index contributed by atoms with van der Waals surface area (Å²) >= 11 is 0. The van der Waals surface area contributed by atoms with Crippen molar-refractivity contribution >= 4 is 11.8 Å². The van der Waals surface area contributed by atoms with Gasteiger partial charge in [-0.1, -0.05) is 6.07 Å². The zero-order valence-electron chi connectivity index (χ0n) is 16.5. The fourth-order valence-electron chi connectivity index (χ4n) is 3.88. The first-order valence-electron chi connectivity index (χ1n) is 9.95. The molecule has 0 aliphatic carbocycles. The molecular formula is C20H26F3N3O3. The summed E-state index contributed by atoms with van der Waals surface area (Å²) in [5, 5.41) is 0. The van der Waals surface area contributed by atoms with Gasteiger partial charge in [-0.25, -0.2) is 4.98 Å². The molecule has 2 fully saturated rings. The molecule has 0 saturated carbocycles.